The zero-order valence-electron chi connectivity index (χ0n) is 10.8. The van der Waals surface area contributed by atoms with Crippen molar-refractivity contribution >= 4 is 0 Å². The molecule has 0 fully saturated rings. The third-order valence-electron chi connectivity index (χ3n) is 2.47. The molecular weight excluding hydrogens is 186 g/mol. The van der Waals surface area contributed by atoms with Gasteiger partial charge >= 0.3 is 0 Å². The van der Waals surface area contributed by atoms with Gasteiger partial charge in [0.15, 0.2) is 0 Å². The molecule has 3 heteroatoms. The van der Waals surface area contributed by atoms with Crippen LogP contribution in [0, 0.1) is 0 Å². The number of hydrogen-bond donors (Lipinski definition) is 0. The van der Waals surface area contributed by atoms with E-state index in [2.05, 4.69) is 56.5 Å². The molecule has 0 aliphatic heterocycles. The highest BCUT2D eigenvalue weighted by molar-refractivity contribution is 5.21. The van der Waals surface area contributed by atoms with Gasteiger partial charge in [-0.2, -0.15) is 0 Å². The van der Waals surface area contributed by atoms with Crippen LogP contribution in [0.5, 0.6) is 0 Å². The van der Waals surface area contributed by atoms with E-state index < -0.39 is 0 Å². The second kappa shape index (κ2) is 4.33. The largest absolute Gasteiger partial charge is 0.249 e. The average Bonchev–Trinajstić information content (AvgIpc) is 2.47. The van der Waals surface area contributed by atoms with Gasteiger partial charge in [-0.15, -0.1) is 5.10 Å². The molecule has 1 aromatic rings. The van der Waals surface area contributed by atoms with Gasteiger partial charge in [-0.25, -0.2) is 4.68 Å². The van der Waals surface area contributed by atoms with E-state index in [4.69, 9.17) is 0 Å². The van der Waals surface area contributed by atoms with E-state index >= 15 is 0 Å². The normalized spacial score (nSPS) is 12.5. The quantitative estimate of drug-likeness (QED) is 0.765. The molecule has 15 heavy (non-hydrogen) atoms. The van der Waals surface area contributed by atoms with Gasteiger partial charge in [-0.1, -0.05) is 46.8 Å². The summed E-state index contributed by atoms with van der Waals surface area (Å²) < 4.78 is 2.06. The molecule has 1 heterocycles. The first-order chi connectivity index (χ1) is 6.88. The molecule has 3 nitrogen and oxygen atoms in total. The zero-order valence-corrected chi connectivity index (χ0v) is 10.8. The molecule has 0 spiro atoms. The van der Waals surface area contributed by atoms with Crippen molar-refractivity contribution < 1.29 is 0 Å². The van der Waals surface area contributed by atoms with E-state index in [1.807, 2.05) is 0 Å². The Labute approximate surface area is 92.9 Å². The molecule has 0 radical (unpaired) electrons. The zero-order chi connectivity index (χ0) is 11.6. The molecule has 0 atom stereocenters. The molecule has 0 saturated carbocycles. The third kappa shape index (κ3) is 2.58. The molecule has 0 aromatic carbocycles. The van der Waals surface area contributed by atoms with Gasteiger partial charge in [-0.3, -0.25) is 0 Å². The van der Waals surface area contributed by atoms with Gasteiger partial charge < -0.3 is 0 Å². The van der Waals surface area contributed by atoms with Crippen LogP contribution in [0.1, 0.15) is 65.3 Å². The predicted octanol–water partition coefficient (Wildman–Crippen LogP) is 3.11. The van der Waals surface area contributed by atoms with Crippen LogP contribution in [0.3, 0.4) is 0 Å². The second-order valence-corrected chi connectivity index (χ2v) is 5.45. The van der Waals surface area contributed by atoms with Gasteiger partial charge in [-0.05, 0) is 12.3 Å². The van der Waals surface area contributed by atoms with Gasteiger partial charge in [0.25, 0.3) is 0 Å². The monoisotopic (exact) mass is 209 g/mol. The fourth-order valence-electron chi connectivity index (χ4n) is 1.80. The van der Waals surface area contributed by atoms with Gasteiger partial charge in [0.2, 0.25) is 0 Å². The van der Waals surface area contributed by atoms with Crippen molar-refractivity contribution in [3.8, 4) is 0 Å². The van der Waals surface area contributed by atoms with Crippen molar-refractivity contribution in [3.63, 3.8) is 0 Å². The van der Waals surface area contributed by atoms with Crippen LogP contribution in [0.15, 0.2) is 0 Å². The Morgan fingerprint density at radius 2 is 1.87 bits per heavy atom. The van der Waals surface area contributed by atoms with Gasteiger partial charge in [0.1, 0.15) is 0 Å². The molecule has 0 bridgehead atoms. The minimum absolute atomic E-state index is 0.0889. The minimum Gasteiger partial charge on any atom is -0.249 e. The summed E-state index contributed by atoms with van der Waals surface area (Å²) in [6.45, 7) is 14.1. The van der Waals surface area contributed by atoms with Crippen LogP contribution in [0.25, 0.3) is 0 Å². The maximum absolute atomic E-state index is 4.34. The molecule has 0 saturated heterocycles. The fraction of sp³-hybridized carbons (Fsp3) is 0.833. The Morgan fingerprint density at radius 1 is 1.27 bits per heavy atom. The molecule has 1 aromatic heterocycles. The molecular formula is C12H23N3. The SMILES string of the molecule is CCCn1nnc(C(C)(C)C)c1C(C)C. The molecule has 0 aliphatic rings. The lowest BCUT2D eigenvalue weighted by molar-refractivity contribution is 0.533. The highest BCUT2D eigenvalue weighted by Gasteiger charge is 2.25. The molecule has 0 aliphatic carbocycles. The smallest absolute Gasteiger partial charge is 0.0915 e. The first kappa shape index (κ1) is 12.2. The number of nitrogens with zero attached hydrogens (tertiary/aromatic N) is 3. The van der Waals surface area contributed by atoms with Crippen LogP contribution in [-0.4, -0.2) is 15.0 Å². The Hall–Kier alpha value is -0.860. The van der Waals surface area contributed by atoms with Gasteiger partial charge in [0, 0.05) is 12.0 Å². The van der Waals surface area contributed by atoms with Crippen molar-refractivity contribution in [1.82, 2.24) is 15.0 Å². The predicted molar refractivity (Wildman–Crippen MR) is 63.1 cm³/mol. The van der Waals surface area contributed by atoms with Crippen LogP contribution < -0.4 is 0 Å². The van der Waals surface area contributed by atoms with Crippen molar-refractivity contribution in [3.05, 3.63) is 11.4 Å². The summed E-state index contributed by atoms with van der Waals surface area (Å²) in [4.78, 5) is 0. The number of aromatic nitrogens is 3. The number of rotatable bonds is 3. The second-order valence-electron chi connectivity index (χ2n) is 5.45. The maximum atomic E-state index is 4.34. The van der Waals surface area contributed by atoms with Crippen LogP contribution in [-0.2, 0) is 12.0 Å². The highest BCUT2D eigenvalue weighted by Crippen LogP contribution is 2.28. The van der Waals surface area contributed by atoms with E-state index in [1.54, 1.807) is 0 Å². The molecule has 0 amide bonds. The van der Waals surface area contributed by atoms with Crippen LogP contribution in [0.4, 0.5) is 0 Å². The van der Waals surface area contributed by atoms with E-state index in [-0.39, 0.29) is 5.41 Å². The Morgan fingerprint density at radius 3 is 2.27 bits per heavy atom. The number of aryl methyl sites for hydroxylation is 1. The lowest BCUT2D eigenvalue weighted by Gasteiger charge is -2.19. The maximum Gasteiger partial charge on any atom is 0.0915 e. The standard InChI is InChI=1S/C12H23N3/c1-7-8-15-10(9(2)3)11(13-14-15)12(4,5)6/h9H,7-8H2,1-6H3. The minimum atomic E-state index is 0.0889. The first-order valence-corrected chi connectivity index (χ1v) is 5.81. The summed E-state index contributed by atoms with van der Waals surface area (Å²) in [5.41, 5.74) is 2.53. The third-order valence-corrected chi connectivity index (χ3v) is 2.47. The van der Waals surface area contributed by atoms with E-state index in [0.717, 1.165) is 18.7 Å². The molecule has 86 valence electrons. The Kier molecular flexibility index (Phi) is 3.53. The van der Waals surface area contributed by atoms with Gasteiger partial charge in [0.05, 0.1) is 11.4 Å². The van der Waals surface area contributed by atoms with E-state index in [9.17, 15) is 0 Å². The Balaban J connectivity index is 3.18. The van der Waals surface area contributed by atoms with Crippen molar-refractivity contribution in [2.75, 3.05) is 0 Å². The molecule has 0 unspecified atom stereocenters. The summed E-state index contributed by atoms with van der Waals surface area (Å²) in [5, 5.41) is 8.60. The van der Waals surface area contributed by atoms with Crippen molar-refractivity contribution in [1.29, 1.82) is 0 Å². The summed E-state index contributed by atoms with van der Waals surface area (Å²) in [6, 6.07) is 0. The van der Waals surface area contributed by atoms with Crippen molar-refractivity contribution in [2.45, 2.75) is 65.8 Å². The first-order valence-electron chi connectivity index (χ1n) is 5.81. The van der Waals surface area contributed by atoms with Crippen LogP contribution in [0.2, 0.25) is 0 Å². The summed E-state index contributed by atoms with van der Waals surface area (Å²) >= 11 is 0. The molecule has 0 N–H and O–H groups in total. The summed E-state index contributed by atoms with van der Waals surface area (Å²) in [6.07, 6.45) is 1.10. The molecule has 1 rings (SSSR count). The summed E-state index contributed by atoms with van der Waals surface area (Å²) in [7, 11) is 0. The number of hydrogen-bond acceptors (Lipinski definition) is 2. The van der Waals surface area contributed by atoms with Crippen LogP contribution >= 0.6 is 0 Å². The van der Waals surface area contributed by atoms with E-state index in [0.29, 0.717) is 5.92 Å². The lowest BCUT2D eigenvalue weighted by atomic mass is 9.88. The lowest BCUT2D eigenvalue weighted by Crippen LogP contribution is -2.16. The van der Waals surface area contributed by atoms with E-state index in [1.165, 1.54) is 5.69 Å². The Bertz CT molecular complexity index is 318. The topological polar surface area (TPSA) is 30.7 Å². The average molecular weight is 209 g/mol. The van der Waals surface area contributed by atoms with Crippen molar-refractivity contribution in [2.24, 2.45) is 0 Å². The summed E-state index contributed by atoms with van der Waals surface area (Å²) in [5.74, 6) is 0.487. The fourth-order valence-corrected chi connectivity index (χ4v) is 1.80. The highest BCUT2D eigenvalue weighted by atomic mass is 15.4.